The fourth-order valence-corrected chi connectivity index (χ4v) is 3.21. The Morgan fingerprint density at radius 3 is 2.70 bits per heavy atom. The molecule has 0 aromatic heterocycles. The second-order valence-electron chi connectivity index (χ2n) is 6.01. The largest absolute Gasteiger partial charge is 0.394 e. The summed E-state index contributed by atoms with van der Waals surface area (Å²) in [4.78, 5) is 14.3. The summed E-state index contributed by atoms with van der Waals surface area (Å²) in [6, 6.07) is 8.25. The third kappa shape index (κ3) is 6.77. The monoisotopic (exact) mass is 355 g/mol. The van der Waals surface area contributed by atoms with Gasteiger partial charge in [-0.15, -0.1) is 0 Å². The quantitative estimate of drug-likeness (QED) is 0.630. The first-order chi connectivity index (χ1) is 11.0. The Kier molecular flexibility index (Phi) is 9.75. The van der Waals surface area contributed by atoms with Gasteiger partial charge in [0, 0.05) is 13.0 Å². The Morgan fingerprint density at radius 1 is 1.39 bits per heavy atom. The molecule has 1 atom stereocenters. The molecule has 0 bridgehead atoms. The molecule has 23 heavy (non-hydrogen) atoms. The molecule has 0 saturated heterocycles. The maximum absolute atomic E-state index is 12.5. The molecule has 130 valence electrons. The van der Waals surface area contributed by atoms with Crippen molar-refractivity contribution in [3.8, 4) is 0 Å². The van der Waals surface area contributed by atoms with E-state index in [0.29, 0.717) is 24.6 Å². The minimum Gasteiger partial charge on any atom is -0.394 e. The lowest BCUT2D eigenvalue weighted by Gasteiger charge is -2.31. The minimum atomic E-state index is -0.127. The SMILES string of the molecule is CSCC[C@@H](CO)N(Cc1cccc(C(C)C)c1)C(=O)CCS. The average molecular weight is 356 g/mol. The molecule has 0 aliphatic heterocycles. The highest BCUT2D eigenvalue weighted by molar-refractivity contribution is 7.98. The van der Waals surface area contributed by atoms with Crippen LogP contribution in [0.25, 0.3) is 0 Å². The van der Waals surface area contributed by atoms with Crippen molar-refractivity contribution in [1.82, 2.24) is 4.90 Å². The van der Waals surface area contributed by atoms with E-state index >= 15 is 0 Å². The van der Waals surface area contributed by atoms with Crippen molar-refractivity contribution >= 4 is 30.3 Å². The van der Waals surface area contributed by atoms with Gasteiger partial charge < -0.3 is 10.0 Å². The summed E-state index contributed by atoms with van der Waals surface area (Å²) in [7, 11) is 0. The maximum Gasteiger partial charge on any atom is 0.224 e. The molecule has 0 spiro atoms. The molecular weight excluding hydrogens is 326 g/mol. The first-order valence-electron chi connectivity index (χ1n) is 8.12. The van der Waals surface area contributed by atoms with Gasteiger partial charge in [0.2, 0.25) is 5.91 Å². The normalized spacial score (nSPS) is 12.4. The minimum absolute atomic E-state index is 0.00272. The number of benzene rings is 1. The number of hydrogen-bond donors (Lipinski definition) is 2. The van der Waals surface area contributed by atoms with Crippen molar-refractivity contribution in [3.63, 3.8) is 0 Å². The maximum atomic E-state index is 12.5. The predicted molar refractivity (Wildman–Crippen MR) is 103 cm³/mol. The highest BCUT2D eigenvalue weighted by Crippen LogP contribution is 2.19. The second kappa shape index (κ2) is 11.0. The molecular formula is C18H29NO2S2. The van der Waals surface area contributed by atoms with Crippen molar-refractivity contribution in [2.75, 3.05) is 24.4 Å². The number of thioether (sulfide) groups is 1. The van der Waals surface area contributed by atoms with Crippen molar-refractivity contribution in [1.29, 1.82) is 0 Å². The number of aliphatic hydroxyl groups is 1. The van der Waals surface area contributed by atoms with Gasteiger partial charge in [-0.05, 0) is 41.2 Å². The van der Waals surface area contributed by atoms with Gasteiger partial charge in [0.15, 0.2) is 0 Å². The smallest absolute Gasteiger partial charge is 0.224 e. The van der Waals surface area contributed by atoms with Gasteiger partial charge in [0.1, 0.15) is 0 Å². The van der Waals surface area contributed by atoms with E-state index in [1.165, 1.54) is 5.56 Å². The summed E-state index contributed by atoms with van der Waals surface area (Å²) in [6.07, 6.45) is 3.25. The Bertz CT molecular complexity index is 480. The molecule has 0 heterocycles. The fourth-order valence-electron chi connectivity index (χ4n) is 2.51. The van der Waals surface area contributed by atoms with Crippen molar-refractivity contribution in [3.05, 3.63) is 35.4 Å². The molecule has 0 aliphatic carbocycles. The fraction of sp³-hybridized carbons (Fsp3) is 0.611. The molecule has 5 heteroatoms. The first-order valence-corrected chi connectivity index (χ1v) is 10.1. The topological polar surface area (TPSA) is 40.5 Å². The van der Waals surface area contributed by atoms with E-state index in [1.54, 1.807) is 11.8 Å². The number of nitrogens with zero attached hydrogens (tertiary/aromatic N) is 1. The van der Waals surface area contributed by atoms with Gasteiger partial charge in [0.25, 0.3) is 0 Å². The molecule has 0 radical (unpaired) electrons. The van der Waals surface area contributed by atoms with E-state index in [2.05, 4.69) is 44.7 Å². The van der Waals surface area contributed by atoms with Crippen LogP contribution in [0.4, 0.5) is 0 Å². The Hall–Kier alpha value is -0.650. The number of rotatable bonds is 10. The van der Waals surface area contributed by atoms with E-state index in [1.807, 2.05) is 17.2 Å². The number of carbonyl (C=O) groups is 1. The van der Waals surface area contributed by atoms with Gasteiger partial charge in [-0.2, -0.15) is 24.4 Å². The van der Waals surface area contributed by atoms with E-state index in [4.69, 9.17) is 0 Å². The van der Waals surface area contributed by atoms with E-state index in [-0.39, 0.29) is 18.6 Å². The molecule has 0 saturated carbocycles. The van der Waals surface area contributed by atoms with Crippen LogP contribution in [-0.2, 0) is 11.3 Å². The zero-order chi connectivity index (χ0) is 17.2. The summed E-state index contributed by atoms with van der Waals surface area (Å²) < 4.78 is 0. The standard InChI is InChI=1S/C18H29NO2S2/c1-14(2)16-6-4-5-15(11-16)12-19(18(21)7-9-22)17(13-20)8-10-23-3/h4-6,11,14,17,20,22H,7-10,12-13H2,1-3H3/t17-/m0/s1. The predicted octanol–water partition coefficient (Wildman–Crippen LogP) is 3.57. The van der Waals surface area contributed by atoms with Gasteiger partial charge >= 0.3 is 0 Å². The number of carbonyl (C=O) groups excluding carboxylic acids is 1. The number of amides is 1. The second-order valence-corrected chi connectivity index (χ2v) is 7.45. The molecule has 1 rings (SSSR count). The lowest BCUT2D eigenvalue weighted by Crippen LogP contribution is -2.42. The molecule has 0 unspecified atom stereocenters. The van der Waals surface area contributed by atoms with Crippen LogP contribution in [-0.4, -0.2) is 46.3 Å². The van der Waals surface area contributed by atoms with Gasteiger partial charge in [-0.1, -0.05) is 38.1 Å². The first kappa shape index (κ1) is 20.4. The lowest BCUT2D eigenvalue weighted by atomic mass is 10.0. The lowest BCUT2D eigenvalue weighted by molar-refractivity contribution is -0.134. The molecule has 1 aromatic carbocycles. The van der Waals surface area contributed by atoms with Crippen molar-refractivity contribution in [2.24, 2.45) is 0 Å². The summed E-state index contributed by atoms with van der Waals surface area (Å²) in [5, 5.41) is 9.74. The highest BCUT2D eigenvalue weighted by Gasteiger charge is 2.22. The molecule has 1 amide bonds. The van der Waals surface area contributed by atoms with Crippen LogP contribution in [0.15, 0.2) is 24.3 Å². The number of aliphatic hydroxyl groups excluding tert-OH is 1. The average Bonchev–Trinajstić information content (AvgIpc) is 2.54. The third-order valence-electron chi connectivity index (χ3n) is 3.92. The van der Waals surface area contributed by atoms with E-state index in [9.17, 15) is 9.90 Å². The van der Waals surface area contributed by atoms with Gasteiger partial charge in [-0.3, -0.25) is 4.79 Å². The summed E-state index contributed by atoms with van der Waals surface area (Å²) in [6.45, 7) is 4.88. The highest BCUT2D eigenvalue weighted by atomic mass is 32.2. The molecule has 1 N–H and O–H groups in total. The van der Waals surface area contributed by atoms with Crippen LogP contribution in [0.1, 0.15) is 43.7 Å². The summed E-state index contributed by atoms with van der Waals surface area (Å²) in [5.41, 5.74) is 2.39. The zero-order valence-electron chi connectivity index (χ0n) is 14.4. The van der Waals surface area contributed by atoms with Crippen LogP contribution in [0.3, 0.4) is 0 Å². The molecule has 1 aromatic rings. The Labute approximate surface area is 150 Å². The van der Waals surface area contributed by atoms with Crippen LogP contribution in [0.5, 0.6) is 0 Å². The van der Waals surface area contributed by atoms with Crippen LogP contribution in [0.2, 0.25) is 0 Å². The number of hydrogen-bond acceptors (Lipinski definition) is 4. The van der Waals surface area contributed by atoms with Crippen LogP contribution in [0, 0.1) is 0 Å². The van der Waals surface area contributed by atoms with Crippen LogP contribution >= 0.6 is 24.4 Å². The Balaban J connectivity index is 2.95. The van der Waals surface area contributed by atoms with Gasteiger partial charge in [-0.25, -0.2) is 0 Å². The third-order valence-corrected chi connectivity index (χ3v) is 4.79. The summed E-state index contributed by atoms with van der Waals surface area (Å²) >= 11 is 5.91. The van der Waals surface area contributed by atoms with Crippen molar-refractivity contribution in [2.45, 2.75) is 45.2 Å². The van der Waals surface area contributed by atoms with Gasteiger partial charge in [0.05, 0.1) is 12.6 Å². The van der Waals surface area contributed by atoms with Crippen LogP contribution < -0.4 is 0 Å². The molecule has 0 fully saturated rings. The molecule has 3 nitrogen and oxygen atoms in total. The summed E-state index contributed by atoms with van der Waals surface area (Å²) in [5.74, 6) is 1.99. The van der Waals surface area contributed by atoms with E-state index < -0.39 is 0 Å². The Morgan fingerprint density at radius 2 is 2.13 bits per heavy atom. The molecule has 0 aliphatic rings. The van der Waals surface area contributed by atoms with Crippen molar-refractivity contribution < 1.29 is 9.90 Å². The van der Waals surface area contributed by atoms with E-state index in [0.717, 1.165) is 17.7 Å². The number of thiol groups is 1. The zero-order valence-corrected chi connectivity index (χ0v) is 16.1.